The monoisotopic (exact) mass is 408 g/mol. The summed E-state index contributed by atoms with van der Waals surface area (Å²) < 4.78 is 6.66. The van der Waals surface area contributed by atoms with Crippen molar-refractivity contribution in [3.8, 4) is 17.0 Å². The number of benzene rings is 2. The fourth-order valence-electron chi connectivity index (χ4n) is 2.85. The maximum absolute atomic E-state index is 12.3. The topological polar surface area (TPSA) is 116 Å². The fraction of sp³-hybridized carbons (Fsp3) is 0.190. The maximum Gasteiger partial charge on any atom is 0.282 e. The Bertz CT molecular complexity index is 1110. The number of carbonyl (C=O) groups is 1. The quantitative estimate of drug-likeness (QED) is 0.452. The van der Waals surface area contributed by atoms with Crippen LogP contribution in [0.5, 0.6) is 5.75 Å². The number of amides is 1. The number of hydrogen-bond acceptors (Lipinski definition) is 6. The van der Waals surface area contributed by atoms with Crippen LogP contribution in [0.3, 0.4) is 0 Å². The summed E-state index contributed by atoms with van der Waals surface area (Å²) in [5.74, 6) is 0.158. The van der Waals surface area contributed by atoms with Gasteiger partial charge >= 0.3 is 0 Å². The second kappa shape index (κ2) is 9.46. The van der Waals surface area contributed by atoms with Gasteiger partial charge in [-0.15, -0.1) is 0 Å². The third-order valence-corrected chi connectivity index (χ3v) is 4.28. The third kappa shape index (κ3) is 4.88. The zero-order valence-corrected chi connectivity index (χ0v) is 16.3. The number of nitrogens with zero attached hydrogens (tertiary/aromatic N) is 3. The van der Waals surface area contributed by atoms with Gasteiger partial charge < -0.3 is 10.1 Å². The Labute approximate surface area is 172 Å². The molecule has 0 spiro atoms. The molecule has 1 amide bonds. The van der Waals surface area contributed by atoms with Gasteiger partial charge in [0.15, 0.2) is 0 Å². The molecule has 0 bridgehead atoms. The van der Waals surface area contributed by atoms with E-state index in [4.69, 9.17) is 4.74 Å². The molecule has 1 aromatic heterocycles. The predicted molar refractivity (Wildman–Crippen MR) is 111 cm³/mol. The largest absolute Gasteiger partial charge is 0.494 e. The van der Waals surface area contributed by atoms with Crippen LogP contribution in [0.1, 0.15) is 17.3 Å². The number of aromatic nitrogens is 2. The van der Waals surface area contributed by atoms with Crippen molar-refractivity contribution in [1.82, 2.24) is 15.1 Å². The second-order valence-electron chi connectivity index (χ2n) is 6.27. The van der Waals surface area contributed by atoms with E-state index in [1.165, 1.54) is 28.9 Å². The van der Waals surface area contributed by atoms with Gasteiger partial charge in [-0.3, -0.25) is 19.7 Å². The molecule has 0 unspecified atom stereocenters. The zero-order valence-electron chi connectivity index (χ0n) is 16.3. The van der Waals surface area contributed by atoms with Gasteiger partial charge in [0.05, 0.1) is 23.8 Å². The number of carbonyl (C=O) groups excluding carboxylic acids is 1. The highest BCUT2D eigenvalue weighted by Gasteiger charge is 2.18. The molecule has 1 N–H and O–H groups in total. The zero-order chi connectivity index (χ0) is 21.5. The summed E-state index contributed by atoms with van der Waals surface area (Å²) in [4.78, 5) is 34.8. The Kier molecular flexibility index (Phi) is 6.53. The normalized spacial score (nSPS) is 10.4. The summed E-state index contributed by atoms with van der Waals surface area (Å²) in [6, 6.07) is 16.1. The molecule has 0 aliphatic carbocycles. The first-order valence-corrected chi connectivity index (χ1v) is 9.32. The molecule has 3 aromatic rings. The SMILES string of the molecule is CCOc1ccc(-c2ccc(=O)n(CCNC(=O)c3ccccc3[N+](=O)[O-])n2)cc1. The number of hydrogen-bond donors (Lipinski definition) is 1. The van der Waals surface area contributed by atoms with Crippen molar-refractivity contribution in [3.63, 3.8) is 0 Å². The van der Waals surface area contributed by atoms with E-state index in [1.807, 2.05) is 31.2 Å². The van der Waals surface area contributed by atoms with Gasteiger partial charge in [-0.25, -0.2) is 4.68 Å². The van der Waals surface area contributed by atoms with Gasteiger partial charge in [0.25, 0.3) is 17.2 Å². The number of ether oxygens (including phenoxy) is 1. The van der Waals surface area contributed by atoms with E-state index in [1.54, 1.807) is 12.1 Å². The molecule has 0 aliphatic rings. The van der Waals surface area contributed by atoms with Crippen molar-refractivity contribution in [1.29, 1.82) is 0 Å². The number of nitrogens with one attached hydrogen (secondary N) is 1. The lowest BCUT2D eigenvalue weighted by Gasteiger charge is -2.09. The molecule has 0 saturated carbocycles. The summed E-state index contributed by atoms with van der Waals surface area (Å²) in [5, 5.41) is 18.0. The van der Waals surface area contributed by atoms with Crippen molar-refractivity contribution in [2.24, 2.45) is 0 Å². The van der Waals surface area contributed by atoms with Crippen molar-refractivity contribution < 1.29 is 14.5 Å². The minimum Gasteiger partial charge on any atom is -0.494 e. The second-order valence-corrected chi connectivity index (χ2v) is 6.27. The minimum atomic E-state index is -0.610. The Hall–Kier alpha value is -4.01. The molecule has 0 atom stereocenters. The molecule has 3 rings (SSSR count). The molecule has 0 radical (unpaired) electrons. The van der Waals surface area contributed by atoms with E-state index in [0.717, 1.165) is 11.3 Å². The predicted octanol–water partition coefficient (Wildman–Crippen LogP) is 2.65. The summed E-state index contributed by atoms with van der Waals surface area (Å²) in [7, 11) is 0. The Balaban J connectivity index is 1.69. The van der Waals surface area contributed by atoms with E-state index in [2.05, 4.69) is 10.4 Å². The van der Waals surface area contributed by atoms with Crippen LogP contribution in [-0.2, 0) is 6.54 Å². The van der Waals surface area contributed by atoms with Crippen LogP contribution in [0.15, 0.2) is 65.5 Å². The van der Waals surface area contributed by atoms with E-state index in [0.29, 0.717) is 12.3 Å². The van der Waals surface area contributed by atoms with Crippen molar-refractivity contribution in [2.45, 2.75) is 13.5 Å². The first kappa shape index (κ1) is 20.7. The van der Waals surface area contributed by atoms with Crippen LogP contribution in [0.4, 0.5) is 5.69 Å². The average molecular weight is 408 g/mol. The van der Waals surface area contributed by atoms with E-state index in [9.17, 15) is 19.7 Å². The molecule has 30 heavy (non-hydrogen) atoms. The smallest absolute Gasteiger partial charge is 0.282 e. The molecular weight excluding hydrogens is 388 g/mol. The third-order valence-electron chi connectivity index (χ3n) is 4.28. The highest BCUT2D eigenvalue weighted by atomic mass is 16.6. The highest BCUT2D eigenvalue weighted by Crippen LogP contribution is 2.20. The molecule has 9 heteroatoms. The lowest BCUT2D eigenvalue weighted by molar-refractivity contribution is -0.385. The van der Waals surface area contributed by atoms with Crippen LogP contribution >= 0.6 is 0 Å². The van der Waals surface area contributed by atoms with Gasteiger partial charge in [-0.2, -0.15) is 5.10 Å². The molecule has 154 valence electrons. The Morgan fingerprint density at radius 1 is 1.13 bits per heavy atom. The first-order chi connectivity index (χ1) is 14.5. The van der Waals surface area contributed by atoms with Gasteiger partial charge in [0.1, 0.15) is 11.3 Å². The first-order valence-electron chi connectivity index (χ1n) is 9.32. The standard InChI is InChI=1S/C21H20N4O5/c1-2-30-16-9-7-15(8-10-16)18-11-12-20(26)24(23-18)14-13-22-21(27)17-5-3-4-6-19(17)25(28)29/h3-12H,2,13-14H2,1H3,(H,22,27). The molecular formula is C21H20N4O5. The van der Waals surface area contributed by atoms with Gasteiger partial charge in [0.2, 0.25) is 0 Å². The Morgan fingerprint density at radius 2 is 1.87 bits per heavy atom. The summed E-state index contributed by atoms with van der Waals surface area (Å²) in [6.45, 7) is 2.68. The molecule has 1 heterocycles. The minimum absolute atomic E-state index is 0.0362. The van der Waals surface area contributed by atoms with E-state index in [-0.39, 0.29) is 29.9 Å². The van der Waals surface area contributed by atoms with E-state index >= 15 is 0 Å². The van der Waals surface area contributed by atoms with Crippen LogP contribution in [0, 0.1) is 10.1 Å². The lowest BCUT2D eigenvalue weighted by Crippen LogP contribution is -2.32. The molecule has 9 nitrogen and oxygen atoms in total. The molecule has 2 aromatic carbocycles. The van der Waals surface area contributed by atoms with Crippen molar-refractivity contribution >= 4 is 11.6 Å². The summed E-state index contributed by atoms with van der Waals surface area (Å²) in [5.41, 5.74) is 0.789. The van der Waals surface area contributed by atoms with Crippen LogP contribution < -0.4 is 15.6 Å². The van der Waals surface area contributed by atoms with Crippen molar-refractivity contribution in [2.75, 3.05) is 13.2 Å². The number of para-hydroxylation sites is 1. The van der Waals surface area contributed by atoms with Crippen LogP contribution in [-0.4, -0.2) is 33.8 Å². The van der Waals surface area contributed by atoms with Gasteiger partial charge in [-0.05, 0) is 43.3 Å². The number of nitro benzene ring substituents is 1. The van der Waals surface area contributed by atoms with Crippen LogP contribution in [0.2, 0.25) is 0 Å². The summed E-state index contributed by atoms with van der Waals surface area (Å²) >= 11 is 0. The number of rotatable bonds is 8. The molecule has 0 saturated heterocycles. The molecule has 0 fully saturated rings. The Morgan fingerprint density at radius 3 is 2.57 bits per heavy atom. The lowest BCUT2D eigenvalue weighted by atomic mass is 10.1. The summed E-state index contributed by atoms with van der Waals surface area (Å²) in [6.07, 6.45) is 0. The van der Waals surface area contributed by atoms with Gasteiger partial charge in [0, 0.05) is 24.2 Å². The van der Waals surface area contributed by atoms with Crippen LogP contribution in [0.25, 0.3) is 11.3 Å². The highest BCUT2D eigenvalue weighted by molar-refractivity contribution is 5.98. The maximum atomic E-state index is 12.3. The van der Waals surface area contributed by atoms with Gasteiger partial charge in [-0.1, -0.05) is 12.1 Å². The fourth-order valence-corrected chi connectivity index (χ4v) is 2.85. The number of nitro groups is 1. The average Bonchev–Trinajstić information content (AvgIpc) is 2.75. The molecule has 0 aliphatic heterocycles. The van der Waals surface area contributed by atoms with E-state index < -0.39 is 10.8 Å². The van der Waals surface area contributed by atoms with Crippen molar-refractivity contribution in [3.05, 3.63) is 86.7 Å².